The average Bonchev–Trinajstić information content (AvgIpc) is 2.55. The molecule has 0 saturated carbocycles. The second-order valence-corrected chi connectivity index (χ2v) is 8.72. The monoisotopic (exact) mass is 397 g/mol. The molecule has 2 aromatic rings. The fourth-order valence-electron chi connectivity index (χ4n) is 2.27. The standard InChI is InChI=1S/C17H21BrNO3P/c1-4-22-23(21,16-11-9-15(10-12-16)19(2)3)17(20)13-5-7-14(18)8-6-13/h5-12,17,20H,4H2,1-3H3. The summed E-state index contributed by atoms with van der Waals surface area (Å²) in [5.41, 5.74) is 1.57. The molecule has 6 heteroatoms. The van der Waals surface area contributed by atoms with Gasteiger partial charge in [-0.3, -0.25) is 4.57 Å². The SMILES string of the molecule is CCOP(=O)(c1ccc(N(C)C)cc1)C(O)c1ccc(Br)cc1. The summed E-state index contributed by atoms with van der Waals surface area (Å²) in [6, 6.07) is 14.4. The van der Waals surface area contributed by atoms with Crippen molar-refractivity contribution in [1.82, 2.24) is 0 Å². The maximum atomic E-state index is 13.4. The van der Waals surface area contributed by atoms with Crippen molar-refractivity contribution in [2.24, 2.45) is 0 Å². The zero-order valence-corrected chi connectivity index (χ0v) is 15.9. The van der Waals surface area contributed by atoms with Crippen LogP contribution in [0.2, 0.25) is 0 Å². The maximum absolute atomic E-state index is 13.4. The Morgan fingerprint density at radius 1 is 1.13 bits per heavy atom. The molecular weight excluding hydrogens is 377 g/mol. The van der Waals surface area contributed by atoms with Crippen LogP contribution in [0, 0.1) is 0 Å². The Hall–Kier alpha value is -1.13. The summed E-state index contributed by atoms with van der Waals surface area (Å²) < 4.78 is 19.8. The van der Waals surface area contributed by atoms with Crippen LogP contribution in [0.15, 0.2) is 53.0 Å². The van der Waals surface area contributed by atoms with Gasteiger partial charge in [0.1, 0.15) is 0 Å². The molecule has 0 aliphatic heterocycles. The minimum Gasteiger partial charge on any atom is -0.378 e. The molecule has 2 rings (SSSR count). The number of aliphatic hydroxyl groups excluding tert-OH is 1. The maximum Gasteiger partial charge on any atom is 0.264 e. The van der Waals surface area contributed by atoms with Gasteiger partial charge in [0.2, 0.25) is 0 Å². The predicted octanol–water partition coefficient (Wildman–Crippen LogP) is 4.15. The van der Waals surface area contributed by atoms with Crippen LogP contribution >= 0.6 is 23.3 Å². The van der Waals surface area contributed by atoms with E-state index in [1.54, 1.807) is 31.2 Å². The van der Waals surface area contributed by atoms with E-state index in [-0.39, 0.29) is 6.61 Å². The molecule has 0 fully saturated rings. The van der Waals surface area contributed by atoms with Crippen LogP contribution in [0.4, 0.5) is 5.69 Å². The van der Waals surface area contributed by atoms with Gasteiger partial charge < -0.3 is 14.5 Å². The summed E-state index contributed by atoms with van der Waals surface area (Å²) in [4.78, 5) is 1.96. The Morgan fingerprint density at radius 3 is 2.17 bits per heavy atom. The summed E-state index contributed by atoms with van der Waals surface area (Å²) in [5.74, 6) is -1.19. The van der Waals surface area contributed by atoms with E-state index >= 15 is 0 Å². The van der Waals surface area contributed by atoms with Crippen LogP contribution in [-0.2, 0) is 9.09 Å². The molecule has 0 amide bonds. The van der Waals surface area contributed by atoms with Crippen molar-refractivity contribution >= 4 is 34.3 Å². The molecule has 0 radical (unpaired) electrons. The first kappa shape index (κ1) is 18.2. The van der Waals surface area contributed by atoms with Crippen LogP contribution in [0.25, 0.3) is 0 Å². The number of aliphatic hydroxyl groups is 1. The zero-order valence-electron chi connectivity index (χ0n) is 13.4. The molecule has 4 nitrogen and oxygen atoms in total. The lowest BCUT2D eigenvalue weighted by Gasteiger charge is -2.24. The highest BCUT2D eigenvalue weighted by molar-refractivity contribution is 9.10. The molecule has 2 aromatic carbocycles. The van der Waals surface area contributed by atoms with E-state index < -0.39 is 13.2 Å². The minimum absolute atomic E-state index is 0.264. The quantitative estimate of drug-likeness (QED) is 0.743. The third-order valence-corrected chi connectivity index (χ3v) is 6.67. The molecule has 1 N–H and O–H groups in total. The molecule has 2 unspecified atom stereocenters. The molecule has 0 heterocycles. The van der Waals surface area contributed by atoms with E-state index in [0.29, 0.717) is 10.9 Å². The molecular formula is C17H21BrNO3P. The highest BCUT2D eigenvalue weighted by Gasteiger charge is 2.36. The third kappa shape index (κ3) is 4.04. The second kappa shape index (κ2) is 7.63. The Kier molecular flexibility index (Phi) is 6.04. The smallest absolute Gasteiger partial charge is 0.264 e. The third-order valence-electron chi connectivity index (χ3n) is 3.54. The van der Waals surface area contributed by atoms with E-state index in [2.05, 4.69) is 15.9 Å². The second-order valence-electron chi connectivity index (χ2n) is 5.35. The Bertz CT molecular complexity index is 686. The van der Waals surface area contributed by atoms with Crippen molar-refractivity contribution in [3.63, 3.8) is 0 Å². The molecule has 124 valence electrons. The number of anilines is 1. The fraction of sp³-hybridized carbons (Fsp3) is 0.294. The van der Waals surface area contributed by atoms with Gasteiger partial charge in [0.15, 0.2) is 5.85 Å². The molecule has 23 heavy (non-hydrogen) atoms. The highest BCUT2D eigenvalue weighted by atomic mass is 79.9. The first-order chi connectivity index (χ1) is 10.9. The van der Waals surface area contributed by atoms with E-state index in [9.17, 15) is 9.67 Å². The number of nitrogens with zero attached hydrogens (tertiary/aromatic N) is 1. The van der Waals surface area contributed by atoms with Gasteiger partial charge in [-0.25, -0.2) is 0 Å². The lowest BCUT2D eigenvalue weighted by atomic mass is 10.2. The summed E-state index contributed by atoms with van der Waals surface area (Å²) in [7, 11) is 0.448. The average molecular weight is 398 g/mol. The van der Waals surface area contributed by atoms with Gasteiger partial charge in [0.25, 0.3) is 7.37 Å². The number of benzene rings is 2. The summed E-state index contributed by atoms with van der Waals surface area (Å²) >= 11 is 3.36. The van der Waals surface area contributed by atoms with Crippen molar-refractivity contribution in [3.05, 3.63) is 58.6 Å². The van der Waals surface area contributed by atoms with Crippen LogP contribution in [0.5, 0.6) is 0 Å². The van der Waals surface area contributed by atoms with Crippen molar-refractivity contribution in [1.29, 1.82) is 0 Å². The Balaban J connectivity index is 2.41. The minimum atomic E-state index is -3.43. The van der Waals surface area contributed by atoms with E-state index in [0.717, 1.165) is 10.2 Å². The fourth-order valence-corrected chi connectivity index (χ4v) is 4.62. The lowest BCUT2D eigenvalue weighted by Crippen LogP contribution is -2.16. The predicted molar refractivity (Wildman–Crippen MR) is 98.7 cm³/mol. The molecule has 0 bridgehead atoms. The van der Waals surface area contributed by atoms with Gasteiger partial charge in [-0.2, -0.15) is 0 Å². The zero-order chi connectivity index (χ0) is 17.0. The van der Waals surface area contributed by atoms with E-state index in [4.69, 9.17) is 4.52 Å². The van der Waals surface area contributed by atoms with Gasteiger partial charge >= 0.3 is 0 Å². The van der Waals surface area contributed by atoms with Crippen LogP contribution < -0.4 is 10.2 Å². The molecule has 0 aliphatic carbocycles. The topological polar surface area (TPSA) is 49.8 Å². The number of hydrogen-bond donors (Lipinski definition) is 1. The van der Waals surface area contributed by atoms with Gasteiger partial charge in [0, 0.05) is 29.6 Å². The van der Waals surface area contributed by atoms with Crippen molar-refractivity contribution in [2.75, 3.05) is 25.6 Å². The molecule has 0 aromatic heterocycles. The van der Waals surface area contributed by atoms with Crippen molar-refractivity contribution < 1.29 is 14.2 Å². The first-order valence-electron chi connectivity index (χ1n) is 7.34. The van der Waals surface area contributed by atoms with Gasteiger partial charge in [-0.05, 0) is 48.9 Å². The van der Waals surface area contributed by atoms with Gasteiger partial charge in [-0.15, -0.1) is 0 Å². The highest BCUT2D eigenvalue weighted by Crippen LogP contribution is 2.57. The lowest BCUT2D eigenvalue weighted by molar-refractivity contribution is 0.218. The van der Waals surface area contributed by atoms with Gasteiger partial charge in [0.05, 0.1) is 6.61 Å². The van der Waals surface area contributed by atoms with Crippen molar-refractivity contribution in [3.8, 4) is 0 Å². The number of rotatable bonds is 6. The normalized spacial score (nSPS) is 15.0. The van der Waals surface area contributed by atoms with E-state index in [1.165, 1.54) is 0 Å². The van der Waals surface area contributed by atoms with Crippen molar-refractivity contribution in [2.45, 2.75) is 12.8 Å². The molecule has 0 spiro atoms. The Labute approximate surface area is 145 Å². The first-order valence-corrected chi connectivity index (χ1v) is 9.83. The largest absolute Gasteiger partial charge is 0.378 e. The van der Waals surface area contributed by atoms with Crippen LogP contribution in [0.3, 0.4) is 0 Å². The molecule has 0 saturated heterocycles. The molecule has 2 atom stereocenters. The van der Waals surface area contributed by atoms with Crippen LogP contribution in [0.1, 0.15) is 18.3 Å². The summed E-state index contributed by atoms with van der Waals surface area (Å²) in [6.45, 7) is 2.04. The number of halogens is 1. The van der Waals surface area contributed by atoms with Crippen LogP contribution in [-0.4, -0.2) is 25.8 Å². The van der Waals surface area contributed by atoms with E-state index in [1.807, 2.05) is 43.3 Å². The summed E-state index contributed by atoms with van der Waals surface area (Å²) in [5, 5.41) is 11.2. The molecule has 0 aliphatic rings. The number of hydrogen-bond acceptors (Lipinski definition) is 4. The van der Waals surface area contributed by atoms with Gasteiger partial charge in [-0.1, -0.05) is 28.1 Å². The Morgan fingerprint density at radius 2 is 1.70 bits per heavy atom. The summed E-state index contributed by atoms with van der Waals surface area (Å²) in [6.07, 6.45) is 0.